The number of anilines is 1. The van der Waals surface area contributed by atoms with Crippen LogP contribution in [0.1, 0.15) is 18.9 Å². The highest BCUT2D eigenvalue weighted by Gasteiger charge is 2.19. The highest BCUT2D eigenvalue weighted by Crippen LogP contribution is 2.31. The molecular weight excluding hydrogens is 474 g/mol. The maximum Gasteiger partial charge on any atom is 0.234 e. The van der Waals surface area contributed by atoms with Crippen LogP contribution in [0.3, 0.4) is 0 Å². The standard InChI is InChI=1S/C19H16Cl3FN4O2S/c1-10(29-15-7-6-11(23)8-14(15)22)18-25-26-19(27(18)2)30-9-16(28)24-17-12(20)4-3-5-13(17)21/h3-8,10H,9H2,1-2H3,(H,24,28). The molecule has 0 aliphatic rings. The van der Waals surface area contributed by atoms with Crippen molar-refractivity contribution in [2.75, 3.05) is 11.1 Å². The number of carbonyl (C=O) groups excluding carboxylic acids is 1. The van der Waals surface area contributed by atoms with E-state index in [9.17, 15) is 9.18 Å². The molecule has 30 heavy (non-hydrogen) atoms. The van der Waals surface area contributed by atoms with Gasteiger partial charge in [-0.2, -0.15) is 0 Å². The van der Waals surface area contributed by atoms with Gasteiger partial charge in [-0.3, -0.25) is 4.79 Å². The molecule has 1 aromatic heterocycles. The smallest absolute Gasteiger partial charge is 0.234 e. The van der Waals surface area contributed by atoms with Crippen molar-refractivity contribution in [2.24, 2.45) is 7.05 Å². The lowest BCUT2D eigenvalue weighted by molar-refractivity contribution is -0.113. The quantitative estimate of drug-likeness (QED) is 0.426. The molecule has 2 aromatic carbocycles. The summed E-state index contributed by atoms with van der Waals surface area (Å²) < 4.78 is 20.7. The topological polar surface area (TPSA) is 69.0 Å². The lowest BCUT2D eigenvalue weighted by Crippen LogP contribution is -2.15. The van der Waals surface area contributed by atoms with E-state index in [1.54, 1.807) is 36.7 Å². The number of halogens is 4. The number of amides is 1. The molecule has 0 fully saturated rings. The Balaban J connectivity index is 1.63. The maximum atomic E-state index is 13.2. The number of benzene rings is 2. The molecule has 1 atom stereocenters. The van der Waals surface area contributed by atoms with Gasteiger partial charge < -0.3 is 14.6 Å². The minimum atomic E-state index is -0.504. The SMILES string of the molecule is CC(Oc1ccc(F)cc1Cl)c1nnc(SCC(=O)Nc2c(Cl)cccc2Cl)n1C. The first-order valence-corrected chi connectivity index (χ1v) is 10.8. The van der Waals surface area contributed by atoms with E-state index in [4.69, 9.17) is 39.5 Å². The first-order chi connectivity index (χ1) is 14.3. The Morgan fingerprint density at radius 1 is 1.20 bits per heavy atom. The molecule has 3 rings (SSSR count). The predicted octanol–water partition coefficient (Wildman–Crippen LogP) is 5.79. The van der Waals surface area contributed by atoms with Gasteiger partial charge in [0, 0.05) is 7.05 Å². The average Bonchev–Trinajstić information content (AvgIpc) is 3.06. The van der Waals surface area contributed by atoms with Crippen LogP contribution in [0.4, 0.5) is 10.1 Å². The summed E-state index contributed by atoms with van der Waals surface area (Å²) in [5, 5.41) is 12.3. The van der Waals surface area contributed by atoms with Crippen LogP contribution in [-0.4, -0.2) is 26.4 Å². The summed E-state index contributed by atoms with van der Waals surface area (Å²) in [7, 11) is 1.76. The molecule has 0 saturated carbocycles. The second-order valence-corrected chi connectivity index (χ2v) is 8.33. The Hall–Kier alpha value is -2.00. The number of para-hydroxylation sites is 1. The minimum absolute atomic E-state index is 0.0759. The molecule has 1 N–H and O–H groups in total. The molecule has 0 spiro atoms. The number of ether oxygens (including phenoxy) is 1. The van der Waals surface area contributed by atoms with Crippen LogP contribution >= 0.6 is 46.6 Å². The molecule has 0 aliphatic carbocycles. The number of thioether (sulfide) groups is 1. The second-order valence-electron chi connectivity index (χ2n) is 6.17. The number of aromatic nitrogens is 3. The van der Waals surface area contributed by atoms with E-state index in [-0.39, 0.29) is 16.7 Å². The van der Waals surface area contributed by atoms with Gasteiger partial charge in [-0.15, -0.1) is 10.2 Å². The van der Waals surface area contributed by atoms with Crippen molar-refractivity contribution in [1.82, 2.24) is 14.8 Å². The third-order valence-electron chi connectivity index (χ3n) is 3.99. The Bertz CT molecular complexity index is 1060. The van der Waals surface area contributed by atoms with Crippen molar-refractivity contribution in [2.45, 2.75) is 18.2 Å². The zero-order valence-electron chi connectivity index (χ0n) is 15.8. The number of carbonyl (C=O) groups is 1. The van der Waals surface area contributed by atoms with Gasteiger partial charge in [-0.1, -0.05) is 52.6 Å². The Morgan fingerprint density at radius 3 is 2.57 bits per heavy atom. The molecule has 158 valence electrons. The van der Waals surface area contributed by atoms with Gasteiger partial charge in [0.15, 0.2) is 17.1 Å². The number of rotatable bonds is 7. The average molecular weight is 490 g/mol. The Morgan fingerprint density at radius 2 is 1.90 bits per heavy atom. The first-order valence-electron chi connectivity index (χ1n) is 8.64. The maximum absolute atomic E-state index is 13.2. The van der Waals surface area contributed by atoms with Gasteiger partial charge in [0.1, 0.15) is 11.6 Å². The summed E-state index contributed by atoms with van der Waals surface area (Å²) in [6.07, 6.45) is -0.504. The van der Waals surface area contributed by atoms with Crippen LogP contribution < -0.4 is 10.1 Å². The van der Waals surface area contributed by atoms with Crippen LogP contribution in [0.15, 0.2) is 41.6 Å². The molecule has 1 heterocycles. The van der Waals surface area contributed by atoms with Crippen LogP contribution in [0, 0.1) is 5.82 Å². The minimum Gasteiger partial charge on any atom is -0.481 e. The third-order valence-corrected chi connectivity index (χ3v) is 5.93. The van der Waals surface area contributed by atoms with Gasteiger partial charge in [0.05, 0.1) is 26.5 Å². The van der Waals surface area contributed by atoms with E-state index >= 15 is 0 Å². The molecule has 6 nitrogen and oxygen atoms in total. The fourth-order valence-corrected chi connectivity index (χ4v) is 3.96. The monoisotopic (exact) mass is 488 g/mol. The molecule has 0 aliphatic heterocycles. The van der Waals surface area contributed by atoms with Crippen LogP contribution in [0.25, 0.3) is 0 Å². The molecule has 1 unspecified atom stereocenters. The molecule has 0 saturated heterocycles. The van der Waals surface area contributed by atoms with E-state index < -0.39 is 11.9 Å². The molecule has 0 radical (unpaired) electrons. The fraction of sp³-hybridized carbons (Fsp3) is 0.211. The van der Waals surface area contributed by atoms with E-state index in [1.165, 1.54) is 30.0 Å². The van der Waals surface area contributed by atoms with Gasteiger partial charge in [-0.05, 0) is 37.3 Å². The number of nitrogens with one attached hydrogen (secondary N) is 1. The van der Waals surface area contributed by atoms with E-state index in [0.717, 1.165) is 0 Å². The van der Waals surface area contributed by atoms with Crippen molar-refractivity contribution in [1.29, 1.82) is 0 Å². The Labute approximate surface area is 191 Å². The Kier molecular flexibility index (Phi) is 7.46. The predicted molar refractivity (Wildman–Crippen MR) is 117 cm³/mol. The number of hydrogen-bond donors (Lipinski definition) is 1. The molecular formula is C19H16Cl3FN4O2S. The lowest BCUT2D eigenvalue weighted by atomic mass is 10.3. The first kappa shape index (κ1) is 22.7. The van der Waals surface area contributed by atoms with Crippen LogP contribution in [-0.2, 0) is 11.8 Å². The highest BCUT2D eigenvalue weighted by molar-refractivity contribution is 7.99. The van der Waals surface area contributed by atoms with Crippen LogP contribution in [0.2, 0.25) is 15.1 Å². The summed E-state index contributed by atoms with van der Waals surface area (Å²) in [4.78, 5) is 12.3. The van der Waals surface area contributed by atoms with Crippen molar-refractivity contribution < 1.29 is 13.9 Å². The van der Waals surface area contributed by atoms with Crippen molar-refractivity contribution >= 4 is 58.2 Å². The van der Waals surface area contributed by atoms with Crippen molar-refractivity contribution in [3.8, 4) is 5.75 Å². The normalized spacial score (nSPS) is 11.9. The summed E-state index contributed by atoms with van der Waals surface area (Å²) in [5.74, 6) is 0.189. The zero-order valence-corrected chi connectivity index (χ0v) is 18.9. The zero-order chi connectivity index (χ0) is 21.8. The lowest BCUT2D eigenvalue weighted by Gasteiger charge is -2.15. The second kappa shape index (κ2) is 9.87. The fourth-order valence-electron chi connectivity index (χ4n) is 2.54. The van der Waals surface area contributed by atoms with Gasteiger partial charge in [0.2, 0.25) is 5.91 Å². The van der Waals surface area contributed by atoms with Crippen molar-refractivity contribution in [3.05, 3.63) is 63.1 Å². The summed E-state index contributed by atoms with van der Waals surface area (Å²) in [5.41, 5.74) is 0.364. The van der Waals surface area contributed by atoms with Gasteiger partial charge >= 0.3 is 0 Å². The molecule has 1 amide bonds. The van der Waals surface area contributed by atoms with E-state index in [1.807, 2.05) is 0 Å². The molecule has 11 heteroatoms. The van der Waals surface area contributed by atoms with Gasteiger partial charge in [-0.25, -0.2) is 4.39 Å². The number of nitrogens with zero attached hydrogens (tertiary/aromatic N) is 3. The summed E-state index contributed by atoms with van der Waals surface area (Å²) in [6, 6.07) is 8.85. The van der Waals surface area contributed by atoms with E-state index in [0.29, 0.717) is 32.5 Å². The third kappa shape index (κ3) is 5.37. The molecule has 0 bridgehead atoms. The van der Waals surface area contributed by atoms with E-state index in [2.05, 4.69) is 15.5 Å². The number of hydrogen-bond acceptors (Lipinski definition) is 5. The van der Waals surface area contributed by atoms with Crippen molar-refractivity contribution in [3.63, 3.8) is 0 Å². The summed E-state index contributed by atoms with van der Waals surface area (Å²) >= 11 is 19.3. The van der Waals surface area contributed by atoms with Gasteiger partial charge in [0.25, 0.3) is 0 Å². The van der Waals surface area contributed by atoms with Crippen LogP contribution in [0.5, 0.6) is 5.75 Å². The largest absolute Gasteiger partial charge is 0.481 e. The summed E-state index contributed by atoms with van der Waals surface area (Å²) in [6.45, 7) is 1.77. The highest BCUT2D eigenvalue weighted by atomic mass is 35.5. The molecule has 3 aromatic rings.